The first-order valence-corrected chi connectivity index (χ1v) is 7.39. The number of Topliss-reactive ketones (excluding diaryl/α,β-unsaturated/α-hetero) is 1. The summed E-state index contributed by atoms with van der Waals surface area (Å²) in [6.07, 6.45) is 5.00. The number of carbonyl (C=O) groups excluding carboxylic acids is 1. The lowest BCUT2D eigenvalue weighted by molar-refractivity contribution is 0.0905. The molecule has 0 N–H and O–H groups in total. The minimum absolute atomic E-state index is 0.204. The average molecular weight is 272 g/mol. The van der Waals surface area contributed by atoms with E-state index in [1.807, 2.05) is 6.07 Å². The lowest BCUT2D eigenvalue weighted by Crippen LogP contribution is -2.36. The van der Waals surface area contributed by atoms with Crippen molar-refractivity contribution in [1.29, 1.82) is 0 Å². The topological polar surface area (TPSA) is 20.3 Å². The van der Waals surface area contributed by atoms with E-state index in [-0.39, 0.29) is 5.78 Å². The Hall–Kier alpha value is -0.380. The first-order valence-electron chi connectivity index (χ1n) is 6.19. The van der Waals surface area contributed by atoms with Crippen molar-refractivity contribution >= 4 is 28.7 Å². The van der Waals surface area contributed by atoms with Gasteiger partial charge in [-0.3, -0.25) is 9.69 Å². The summed E-state index contributed by atoms with van der Waals surface area (Å²) in [4.78, 5) is 15.2. The second-order valence-electron chi connectivity index (χ2n) is 4.70. The summed E-state index contributed by atoms with van der Waals surface area (Å²) in [7, 11) is 0. The summed E-state index contributed by atoms with van der Waals surface area (Å²) < 4.78 is 0.692. The van der Waals surface area contributed by atoms with E-state index in [2.05, 4.69) is 11.8 Å². The predicted molar refractivity (Wildman–Crippen MR) is 73.2 cm³/mol. The van der Waals surface area contributed by atoms with E-state index < -0.39 is 0 Å². The molecule has 0 spiro atoms. The molecule has 4 heteroatoms. The lowest BCUT2D eigenvalue weighted by atomic mass is 10.1. The molecule has 0 radical (unpaired) electrons. The second kappa shape index (κ2) is 5.98. The van der Waals surface area contributed by atoms with Gasteiger partial charge in [0.1, 0.15) is 0 Å². The summed E-state index contributed by atoms with van der Waals surface area (Å²) in [5.74, 6) is 0.204. The van der Waals surface area contributed by atoms with Crippen LogP contribution >= 0.6 is 22.9 Å². The maximum absolute atomic E-state index is 12.1. The standard InChI is InChI=1S/C13H18ClNOS/c1-10-5-3-2-4-8-15(10)9-11(16)12-6-7-13(14)17-12/h6-7,10H,2-5,8-9H2,1H3. The molecule has 1 aliphatic heterocycles. The van der Waals surface area contributed by atoms with Gasteiger partial charge < -0.3 is 0 Å². The molecule has 1 fully saturated rings. The molecular formula is C13H18ClNOS. The Balaban J connectivity index is 1.97. The van der Waals surface area contributed by atoms with Gasteiger partial charge in [0.2, 0.25) is 0 Å². The van der Waals surface area contributed by atoms with Gasteiger partial charge in [0.15, 0.2) is 5.78 Å². The van der Waals surface area contributed by atoms with Crippen LogP contribution in [0.5, 0.6) is 0 Å². The van der Waals surface area contributed by atoms with E-state index >= 15 is 0 Å². The van der Waals surface area contributed by atoms with Crippen molar-refractivity contribution in [2.75, 3.05) is 13.1 Å². The third-order valence-electron chi connectivity index (χ3n) is 3.39. The minimum Gasteiger partial charge on any atom is -0.293 e. The third kappa shape index (κ3) is 3.54. The van der Waals surface area contributed by atoms with Crippen LogP contribution in [0.3, 0.4) is 0 Å². The summed E-state index contributed by atoms with van der Waals surface area (Å²) in [5.41, 5.74) is 0. The van der Waals surface area contributed by atoms with Crippen molar-refractivity contribution in [2.45, 2.75) is 38.6 Å². The highest BCUT2D eigenvalue weighted by Crippen LogP contribution is 2.23. The number of carbonyl (C=O) groups is 1. The highest BCUT2D eigenvalue weighted by molar-refractivity contribution is 7.18. The Bertz CT molecular complexity index is 391. The second-order valence-corrected chi connectivity index (χ2v) is 6.41. The smallest absolute Gasteiger partial charge is 0.186 e. The third-order valence-corrected chi connectivity index (χ3v) is 4.66. The number of hydrogen-bond donors (Lipinski definition) is 0. The van der Waals surface area contributed by atoms with E-state index in [0.29, 0.717) is 16.9 Å². The normalized spacial score (nSPS) is 22.4. The van der Waals surface area contributed by atoms with Crippen LogP contribution in [0.2, 0.25) is 4.34 Å². The van der Waals surface area contributed by atoms with Gasteiger partial charge in [-0.05, 0) is 38.4 Å². The molecule has 0 bridgehead atoms. The van der Waals surface area contributed by atoms with Crippen LogP contribution in [-0.4, -0.2) is 29.8 Å². The van der Waals surface area contributed by atoms with Crippen LogP contribution in [0.4, 0.5) is 0 Å². The van der Waals surface area contributed by atoms with Crippen LogP contribution in [0.15, 0.2) is 12.1 Å². The van der Waals surface area contributed by atoms with Gasteiger partial charge in [-0.1, -0.05) is 24.4 Å². The van der Waals surface area contributed by atoms with Crippen molar-refractivity contribution in [1.82, 2.24) is 4.90 Å². The van der Waals surface area contributed by atoms with Crippen LogP contribution < -0.4 is 0 Å². The van der Waals surface area contributed by atoms with Crippen molar-refractivity contribution in [3.63, 3.8) is 0 Å². The summed E-state index contributed by atoms with van der Waals surface area (Å²) in [5, 5.41) is 0. The number of hydrogen-bond acceptors (Lipinski definition) is 3. The summed E-state index contributed by atoms with van der Waals surface area (Å²) >= 11 is 7.23. The maximum atomic E-state index is 12.1. The van der Waals surface area contributed by atoms with Crippen LogP contribution in [0.1, 0.15) is 42.3 Å². The van der Waals surface area contributed by atoms with Gasteiger partial charge in [0.25, 0.3) is 0 Å². The van der Waals surface area contributed by atoms with Crippen LogP contribution in [0, 0.1) is 0 Å². The average Bonchev–Trinajstić information content (AvgIpc) is 2.63. The van der Waals surface area contributed by atoms with Gasteiger partial charge >= 0.3 is 0 Å². The number of thiophene rings is 1. The molecule has 1 aliphatic rings. The Kier molecular flexibility index (Phi) is 4.60. The highest BCUT2D eigenvalue weighted by Gasteiger charge is 2.20. The molecule has 0 aliphatic carbocycles. The van der Waals surface area contributed by atoms with Gasteiger partial charge in [-0.2, -0.15) is 0 Å². The zero-order valence-electron chi connectivity index (χ0n) is 10.1. The molecule has 1 unspecified atom stereocenters. The predicted octanol–water partition coefficient (Wildman–Crippen LogP) is 3.85. The highest BCUT2D eigenvalue weighted by atomic mass is 35.5. The van der Waals surface area contributed by atoms with Gasteiger partial charge in [0, 0.05) is 6.04 Å². The van der Waals surface area contributed by atoms with E-state index in [4.69, 9.17) is 11.6 Å². The van der Waals surface area contributed by atoms with Crippen molar-refractivity contribution < 1.29 is 4.79 Å². The number of ketones is 1. The van der Waals surface area contributed by atoms with Gasteiger partial charge in [0.05, 0.1) is 15.8 Å². The number of halogens is 1. The number of nitrogens with zero attached hydrogens (tertiary/aromatic N) is 1. The maximum Gasteiger partial charge on any atom is 0.186 e. The molecule has 0 amide bonds. The van der Waals surface area contributed by atoms with Gasteiger partial charge in [-0.25, -0.2) is 0 Å². The summed E-state index contributed by atoms with van der Waals surface area (Å²) in [6, 6.07) is 4.15. The lowest BCUT2D eigenvalue weighted by Gasteiger charge is -2.25. The van der Waals surface area contributed by atoms with Crippen LogP contribution in [-0.2, 0) is 0 Å². The van der Waals surface area contributed by atoms with Crippen molar-refractivity contribution in [3.05, 3.63) is 21.3 Å². The van der Waals surface area contributed by atoms with Crippen molar-refractivity contribution in [3.8, 4) is 0 Å². The Labute approximate surface area is 112 Å². The fraction of sp³-hybridized carbons (Fsp3) is 0.615. The first-order chi connectivity index (χ1) is 8.16. The fourth-order valence-electron chi connectivity index (χ4n) is 2.30. The van der Waals surface area contributed by atoms with E-state index in [1.165, 1.54) is 37.0 Å². The molecule has 1 atom stereocenters. The van der Waals surface area contributed by atoms with E-state index in [1.54, 1.807) is 6.07 Å². The quantitative estimate of drug-likeness (QED) is 0.779. The van der Waals surface area contributed by atoms with E-state index in [9.17, 15) is 4.79 Å². The van der Waals surface area contributed by atoms with Crippen LogP contribution in [0.25, 0.3) is 0 Å². The molecule has 0 aromatic carbocycles. The Morgan fingerprint density at radius 2 is 2.29 bits per heavy atom. The molecule has 0 saturated carbocycles. The molecule has 2 nitrogen and oxygen atoms in total. The molecule has 17 heavy (non-hydrogen) atoms. The molecule has 94 valence electrons. The fourth-order valence-corrected chi connectivity index (χ4v) is 3.27. The zero-order chi connectivity index (χ0) is 12.3. The largest absolute Gasteiger partial charge is 0.293 e. The number of likely N-dealkylation sites (tertiary alicyclic amines) is 1. The Morgan fingerprint density at radius 3 is 3.00 bits per heavy atom. The van der Waals surface area contributed by atoms with E-state index in [0.717, 1.165) is 11.4 Å². The monoisotopic (exact) mass is 271 g/mol. The minimum atomic E-state index is 0.204. The summed E-state index contributed by atoms with van der Waals surface area (Å²) in [6.45, 7) is 3.81. The zero-order valence-corrected chi connectivity index (χ0v) is 11.7. The molecule has 1 saturated heterocycles. The van der Waals surface area contributed by atoms with Crippen molar-refractivity contribution in [2.24, 2.45) is 0 Å². The molecule has 2 heterocycles. The van der Waals surface area contributed by atoms with Gasteiger partial charge in [-0.15, -0.1) is 11.3 Å². The molecule has 1 aromatic rings. The molecule has 1 aromatic heterocycles. The Morgan fingerprint density at radius 1 is 1.47 bits per heavy atom. The molecular weight excluding hydrogens is 254 g/mol. The SMILES string of the molecule is CC1CCCCCN1CC(=O)c1ccc(Cl)s1. The molecule has 2 rings (SSSR count). The number of rotatable bonds is 3. The first kappa shape index (κ1) is 13.1.